The molecule has 198 valence electrons. The van der Waals surface area contributed by atoms with E-state index in [0.29, 0.717) is 5.92 Å². The van der Waals surface area contributed by atoms with Crippen molar-refractivity contribution < 1.29 is 0 Å². The summed E-state index contributed by atoms with van der Waals surface area (Å²) in [6.07, 6.45) is 0. The lowest BCUT2D eigenvalue weighted by Crippen LogP contribution is -1.94. The Kier molecular flexibility index (Phi) is 4.87. The second kappa shape index (κ2) is 8.68. The van der Waals surface area contributed by atoms with Gasteiger partial charge in [-0.15, -0.1) is 0 Å². The number of aromatic nitrogens is 1. The van der Waals surface area contributed by atoms with E-state index in [1.54, 1.807) is 0 Å². The Balaban J connectivity index is 1.45. The Hall–Kier alpha value is -5.14. The third kappa shape index (κ3) is 3.31. The fourth-order valence-corrected chi connectivity index (χ4v) is 7.19. The van der Waals surface area contributed by atoms with E-state index in [-0.39, 0.29) is 0 Å². The first-order chi connectivity index (χ1) is 20.6. The molecule has 0 aliphatic carbocycles. The van der Waals surface area contributed by atoms with Crippen molar-refractivity contribution in [3.05, 3.63) is 139 Å². The standard InChI is InChI=1S/C41H29N/c1-25(2)33-17-16-31(26-10-4-3-5-11-26)18-34(33)32-21-37-35-19-27-12-6-8-14-29(27)23-39(35)42-40-24-30-15-9-7-13-28(30)20-36(40)38(22-32)41(37)42/h3-25H,1-2H3. The summed E-state index contributed by atoms with van der Waals surface area (Å²) in [4.78, 5) is 0. The van der Waals surface area contributed by atoms with Gasteiger partial charge in [0.25, 0.3) is 0 Å². The summed E-state index contributed by atoms with van der Waals surface area (Å²) in [5.74, 6) is 0.413. The molecule has 0 fully saturated rings. The molecule has 1 heteroatoms. The molecule has 0 amide bonds. The average Bonchev–Trinajstić information content (AvgIpc) is 3.53. The van der Waals surface area contributed by atoms with Crippen LogP contribution >= 0.6 is 0 Å². The summed E-state index contributed by atoms with van der Waals surface area (Å²) in [6.45, 7) is 4.61. The van der Waals surface area contributed by atoms with E-state index in [2.05, 4.69) is 152 Å². The average molecular weight is 536 g/mol. The Bertz CT molecular complexity index is 2350. The highest BCUT2D eigenvalue weighted by Gasteiger charge is 2.21. The van der Waals surface area contributed by atoms with E-state index in [4.69, 9.17) is 0 Å². The van der Waals surface area contributed by atoms with Gasteiger partial charge >= 0.3 is 0 Å². The molecule has 0 spiro atoms. The molecule has 7 aromatic carbocycles. The lowest BCUT2D eigenvalue weighted by atomic mass is 9.88. The minimum atomic E-state index is 0.413. The summed E-state index contributed by atoms with van der Waals surface area (Å²) in [6, 6.07) is 49.7. The second-order valence-corrected chi connectivity index (χ2v) is 12.0. The number of benzene rings is 7. The van der Waals surface area contributed by atoms with Gasteiger partial charge in [0.2, 0.25) is 0 Å². The predicted molar refractivity (Wildman–Crippen MR) is 181 cm³/mol. The van der Waals surface area contributed by atoms with Gasteiger partial charge in [-0.25, -0.2) is 0 Å². The molecule has 2 aromatic heterocycles. The number of hydrogen-bond acceptors (Lipinski definition) is 0. The number of rotatable bonds is 3. The van der Waals surface area contributed by atoms with Gasteiger partial charge in [-0.05, 0) is 97.7 Å². The lowest BCUT2D eigenvalue weighted by molar-refractivity contribution is 0.869. The van der Waals surface area contributed by atoms with Gasteiger partial charge in [-0.2, -0.15) is 0 Å². The van der Waals surface area contributed by atoms with Crippen molar-refractivity contribution in [2.24, 2.45) is 0 Å². The van der Waals surface area contributed by atoms with Crippen LogP contribution in [-0.2, 0) is 0 Å². The van der Waals surface area contributed by atoms with Crippen molar-refractivity contribution in [2.75, 3.05) is 0 Å². The van der Waals surface area contributed by atoms with E-state index in [9.17, 15) is 0 Å². The Labute approximate surface area is 244 Å². The number of nitrogens with zero attached hydrogens (tertiary/aromatic N) is 1. The topological polar surface area (TPSA) is 4.41 Å². The van der Waals surface area contributed by atoms with Crippen LogP contribution in [0.5, 0.6) is 0 Å². The monoisotopic (exact) mass is 535 g/mol. The molecular formula is C41H29N. The molecule has 0 bridgehead atoms. The van der Waals surface area contributed by atoms with Crippen LogP contribution in [0.3, 0.4) is 0 Å². The molecule has 0 radical (unpaired) electrons. The van der Waals surface area contributed by atoms with Crippen molar-refractivity contribution in [2.45, 2.75) is 19.8 Å². The highest BCUT2D eigenvalue weighted by molar-refractivity contribution is 6.27. The Morgan fingerprint density at radius 2 is 0.952 bits per heavy atom. The molecule has 9 aromatic rings. The molecule has 0 atom stereocenters. The fraction of sp³-hybridized carbons (Fsp3) is 0.0732. The zero-order valence-electron chi connectivity index (χ0n) is 23.7. The van der Waals surface area contributed by atoms with Gasteiger partial charge in [0.15, 0.2) is 0 Å². The summed E-state index contributed by atoms with van der Waals surface area (Å²) in [7, 11) is 0. The third-order valence-corrected chi connectivity index (χ3v) is 9.22. The molecule has 1 nitrogen and oxygen atoms in total. The van der Waals surface area contributed by atoms with Crippen LogP contribution in [0.1, 0.15) is 25.3 Å². The molecule has 0 N–H and O–H groups in total. The van der Waals surface area contributed by atoms with Gasteiger partial charge in [-0.3, -0.25) is 0 Å². The predicted octanol–water partition coefficient (Wildman–Crippen LogP) is 11.6. The minimum Gasteiger partial charge on any atom is -0.308 e. The summed E-state index contributed by atoms with van der Waals surface area (Å²) in [5, 5.41) is 10.4. The first kappa shape index (κ1) is 23.6. The van der Waals surface area contributed by atoms with Crippen molar-refractivity contribution >= 4 is 59.6 Å². The van der Waals surface area contributed by atoms with Gasteiger partial charge in [0, 0.05) is 21.5 Å². The maximum Gasteiger partial charge on any atom is 0.0620 e. The smallest absolute Gasteiger partial charge is 0.0620 e. The second-order valence-electron chi connectivity index (χ2n) is 12.0. The van der Waals surface area contributed by atoms with E-state index in [0.717, 1.165) is 0 Å². The Morgan fingerprint density at radius 3 is 1.50 bits per heavy atom. The molecule has 2 heterocycles. The SMILES string of the molecule is CC(C)c1ccc(-c2ccccc2)cc1-c1cc2c3cc4ccccc4cc3n3c4cc5ccccc5cc4c(c1)c23. The highest BCUT2D eigenvalue weighted by atomic mass is 14.9. The molecule has 42 heavy (non-hydrogen) atoms. The van der Waals surface area contributed by atoms with Gasteiger partial charge < -0.3 is 4.40 Å². The molecule has 0 aliphatic heterocycles. The van der Waals surface area contributed by atoms with Crippen LogP contribution < -0.4 is 0 Å². The maximum absolute atomic E-state index is 2.52. The normalized spacial score (nSPS) is 12.3. The summed E-state index contributed by atoms with van der Waals surface area (Å²) < 4.78 is 2.52. The first-order valence-corrected chi connectivity index (χ1v) is 14.9. The van der Waals surface area contributed by atoms with Crippen LogP contribution in [-0.4, -0.2) is 4.40 Å². The van der Waals surface area contributed by atoms with E-state index < -0.39 is 0 Å². The zero-order valence-corrected chi connectivity index (χ0v) is 23.7. The quantitative estimate of drug-likeness (QED) is 0.212. The van der Waals surface area contributed by atoms with Crippen LogP contribution in [0.2, 0.25) is 0 Å². The van der Waals surface area contributed by atoms with Crippen molar-refractivity contribution in [3.8, 4) is 22.3 Å². The summed E-state index contributed by atoms with van der Waals surface area (Å²) in [5.41, 5.74) is 10.4. The first-order valence-electron chi connectivity index (χ1n) is 14.9. The number of hydrogen-bond donors (Lipinski definition) is 0. The van der Waals surface area contributed by atoms with Crippen molar-refractivity contribution in [3.63, 3.8) is 0 Å². The largest absolute Gasteiger partial charge is 0.308 e. The molecule has 0 saturated carbocycles. The van der Waals surface area contributed by atoms with E-state index >= 15 is 0 Å². The van der Waals surface area contributed by atoms with Crippen molar-refractivity contribution in [1.29, 1.82) is 0 Å². The maximum atomic E-state index is 2.52. The van der Waals surface area contributed by atoms with Crippen LogP contribution in [0, 0.1) is 0 Å². The van der Waals surface area contributed by atoms with E-state index in [1.807, 2.05) is 0 Å². The van der Waals surface area contributed by atoms with Crippen LogP contribution in [0.4, 0.5) is 0 Å². The third-order valence-electron chi connectivity index (χ3n) is 9.22. The van der Waals surface area contributed by atoms with Crippen LogP contribution in [0.15, 0.2) is 133 Å². The number of fused-ring (bicyclic) bond motifs is 8. The molecule has 0 unspecified atom stereocenters. The molecular weight excluding hydrogens is 506 g/mol. The van der Waals surface area contributed by atoms with Gasteiger partial charge in [-0.1, -0.05) is 105 Å². The van der Waals surface area contributed by atoms with E-state index in [1.165, 1.54) is 87.5 Å². The van der Waals surface area contributed by atoms with Crippen LogP contribution in [0.25, 0.3) is 81.9 Å². The molecule has 0 saturated heterocycles. The van der Waals surface area contributed by atoms with Gasteiger partial charge in [0.1, 0.15) is 0 Å². The zero-order chi connectivity index (χ0) is 27.9. The highest BCUT2D eigenvalue weighted by Crippen LogP contribution is 2.45. The van der Waals surface area contributed by atoms with Gasteiger partial charge in [0.05, 0.1) is 16.6 Å². The fourth-order valence-electron chi connectivity index (χ4n) is 7.19. The molecule has 0 aliphatic rings. The summed E-state index contributed by atoms with van der Waals surface area (Å²) >= 11 is 0. The Morgan fingerprint density at radius 1 is 0.429 bits per heavy atom. The van der Waals surface area contributed by atoms with Crippen molar-refractivity contribution in [1.82, 2.24) is 4.40 Å². The molecule has 9 rings (SSSR count). The minimum absolute atomic E-state index is 0.413. The lowest BCUT2D eigenvalue weighted by Gasteiger charge is -2.16.